The fourth-order valence-electron chi connectivity index (χ4n) is 1.51. The second-order valence-electron chi connectivity index (χ2n) is 3.96. The van der Waals surface area contributed by atoms with Crippen LogP contribution in [0, 0.1) is 17.6 Å². The number of hydrogen-bond donors (Lipinski definition) is 1. The Hall–Kier alpha value is -0.960. The topological polar surface area (TPSA) is 12.0 Å². The van der Waals surface area contributed by atoms with Gasteiger partial charge in [-0.25, -0.2) is 8.78 Å². The van der Waals surface area contributed by atoms with Gasteiger partial charge >= 0.3 is 0 Å². The van der Waals surface area contributed by atoms with Crippen molar-refractivity contribution in [1.82, 2.24) is 5.32 Å². The second-order valence-corrected chi connectivity index (χ2v) is 3.96. The molecule has 1 aromatic rings. The highest BCUT2D eigenvalue weighted by atomic mass is 19.1. The number of halogens is 2. The van der Waals surface area contributed by atoms with Crippen LogP contribution in [-0.2, 0) is 6.42 Å². The highest BCUT2D eigenvalue weighted by molar-refractivity contribution is 5.20. The predicted octanol–water partition coefficient (Wildman–Crippen LogP) is 2.75. The van der Waals surface area contributed by atoms with Gasteiger partial charge in [0.2, 0.25) is 0 Å². The molecule has 0 radical (unpaired) electrons. The van der Waals surface area contributed by atoms with Crippen LogP contribution in [0.2, 0.25) is 0 Å². The van der Waals surface area contributed by atoms with Gasteiger partial charge < -0.3 is 5.32 Å². The minimum Gasteiger partial charge on any atom is -0.317 e. The Morgan fingerprint density at radius 2 is 1.73 bits per heavy atom. The number of hydrogen-bond acceptors (Lipinski definition) is 1. The summed E-state index contributed by atoms with van der Waals surface area (Å²) in [4.78, 5) is 0. The molecule has 0 aliphatic heterocycles. The largest absolute Gasteiger partial charge is 0.317 e. The first-order valence-corrected chi connectivity index (χ1v) is 5.16. The van der Waals surface area contributed by atoms with E-state index in [1.807, 2.05) is 20.9 Å². The molecule has 0 bridgehead atoms. The summed E-state index contributed by atoms with van der Waals surface area (Å²) in [6.45, 7) is 3.98. The van der Waals surface area contributed by atoms with E-state index < -0.39 is 11.6 Å². The molecule has 15 heavy (non-hydrogen) atoms. The number of nitrogens with one attached hydrogen (secondary N) is 1. The zero-order valence-corrected chi connectivity index (χ0v) is 9.35. The Morgan fingerprint density at radius 3 is 2.20 bits per heavy atom. The molecular weight excluding hydrogens is 196 g/mol. The Bertz CT molecular complexity index is 305. The van der Waals surface area contributed by atoms with Crippen LogP contribution in [0.25, 0.3) is 0 Å². The van der Waals surface area contributed by atoms with Crippen molar-refractivity contribution in [1.29, 1.82) is 0 Å². The monoisotopic (exact) mass is 213 g/mol. The Balaban J connectivity index is 2.80. The summed E-state index contributed by atoms with van der Waals surface area (Å²) in [6, 6.07) is 4.23. The summed E-state index contributed by atoms with van der Waals surface area (Å²) in [5.41, 5.74) is 0.187. The smallest absolute Gasteiger partial charge is 0.129 e. The molecule has 1 rings (SSSR count). The van der Waals surface area contributed by atoms with E-state index in [1.165, 1.54) is 18.2 Å². The van der Waals surface area contributed by atoms with Crippen molar-refractivity contribution in [2.24, 2.45) is 5.92 Å². The molecule has 2 atom stereocenters. The van der Waals surface area contributed by atoms with E-state index in [2.05, 4.69) is 5.32 Å². The van der Waals surface area contributed by atoms with Gasteiger partial charge in [0, 0.05) is 11.6 Å². The summed E-state index contributed by atoms with van der Waals surface area (Å²) in [5.74, 6) is -0.711. The molecule has 0 spiro atoms. The Kier molecular flexibility index (Phi) is 4.21. The fourth-order valence-corrected chi connectivity index (χ4v) is 1.51. The lowest BCUT2D eigenvalue weighted by Gasteiger charge is -2.19. The molecule has 1 aromatic carbocycles. The lowest BCUT2D eigenvalue weighted by Crippen LogP contribution is -2.30. The summed E-state index contributed by atoms with van der Waals surface area (Å²) in [7, 11) is 1.85. The summed E-state index contributed by atoms with van der Waals surface area (Å²) in [6.07, 6.45) is 0.417. The van der Waals surface area contributed by atoms with E-state index in [4.69, 9.17) is 0 Å². The lowest BCUT2D eigenvalue weighted by atomic mass is 9.94. The van der Waals surface area contributed by atoms with Gasteiger partial charge in [0.25, 0.3) is 0 Å². The lowest BCUT2D eigenvalue weighted by molar-refractivity contribution is 0.409. The molecule has 0 aliphatic carbocycles. The van der Waals surface area contributed by atoms with Crippen LogP contribution >= 0.6 is 0 Å². The summed E-state index contributed by atoms with van der Waals surface area (Å²) in [5, 5.41) is 3.08. The SMILES string of the molecule is CNC(C)C(C)Cc1c(F)cccc1F. The summed E-state index contributed by atoms with van der Waals surface area (Å²) < 4.78 is 26.6. The quantitative estimate of drug-likeness (QED) is 0.811. The molecule has 2 unspecified atom stereocenters. The molecule has 3 heteroatoms. The van der Waals surface area contributed by atoms with Gasteiger partial charge in [-0.2, -0.15) is 0 Å². The van der Waals surface area contributed by atoms with E-state index in [1.54, 1.807) is 0 Å². The normalized spacial score (nSPS) is 15.0. The zero-order valence-electron chi connectivity index (χ0n) is 9.35. The Labute approximate surface area is 89.5 Å². The van der Waals surface area contributed by atoms with Crippen LogP contribution in [0.1, 0.15) is 19.4 Å². The number of rotatable bonds is 4. The molecule has 1 nitrogen and oxygen atoms in total. The van der Waals surface area contributed by atoms with Crippen LogP contribution < -0.4 is 5.32 Å². The first-order valence-electron chi connectivity index (χ1n) is 5.16. The van der Waals surface area contributed by atoms with E-state index in [0.29, 0.717) is 6.42 Å². The first-order chi connectivity index (χ1) is 7.06. The highest BCUT2D eigenvalue weighted by Gasteiger charge is 2.16. The molecule has 0 aliphatic rings. The molecule has 0 aromatic heterocycles. The average Bonchev–Trinajstić information content (AvgIpc) is 2.22. The van der Waals surface area contributed by atoms with Gasteiger partial charge in [0.1, 0.15) is 11.6 Å². The number of benzene rings is 1. The average molecular weight is 213 g/mol. The molecular formula is C12H17F2N. The maximum Gasteiger partial charge on any atom is 0.129 e. The van der Waals surface area contributed by atoms with Crippen LogP contribution in [-0.4, -0.2) is 13.1 Å². The molecule has 0 heterocycles. The molecule has 0 saturated heterocycles. The highest BCUT2D eigenvalue weighted by Crippen LogP contribution is 2.18. The minimum atomic E-state index is -0.454. The van der Waals surface area contributed by atoms with Crippen LogP contribution in [0.3, 0.4) is 0 Å². The molecule has 0 saturated carbocycles. The van der Waals surface area contributed by atoms with Crippen molar-refractivity contribution in [3.63, 3.8) is 0 Å². The predicted molar refractivity (Wildman–Crippen MR) is 57.7 cm³/mol. The van der Waals surface area contributed by atoms with E-state index >= 15 is 0 Å². The zero-order chi connectivity index (χ0) is 11.4. The molecule has 84 valence electrons. The van der Waals surface area contributed by atoms with Crippen molar-refractivity contribution in [3.05, 3.63) is 35.4 Å². The first kappa shape index (κ1) is 12.1. The van der Waals surface area contributed by atoms with E-state index in [-0.39, 0.29) is 17.5 Å². The third-order valence-corrected chi connectivity index (χ3v) is 2.90. The van der Waals surface area contributed by atoms with Crippen molar-refractivity contribution >= 4 is 0 Å². The fraction of sp³-hybridized carbons (Fsp3) is 0.500. The van der Waals surface area contributed by atoms with Gasteiger partial charge in [-0.1, -0.05) is 13.0 Å². The van der Waals surface area contributed by atoms with E-state index in [0.717, 1.165) is 0 Å². The van der Waals surface area contributed by atoms with Crippen molar-refractivity contribution in [2.45, 2.75) is 26.3 Å². The molecule has 1 N–H and O–H groups in total. The maximum atomic E-state index is 13.3. The van der Waals surface area contributed by atoms with Gasteiger partial charge in [0.15, 0.2) is 0 Å². The van der Waals surface area contributed by atoms with Crippen molar-refractivity contribution < 1.29 is 8.78 Å². The second kappa shape index (κ2) is 5.21. The van der Waals surface area contributed by atoms with Crippen molar-refractivity contribution in [3.8, 4) is 0 Å². The van der Waals surface area contributed by atoms with E-state index in [9.17, 15) is 8.78 Å². The minimum absolute atomic E-state index is 0.187. The third kappa shape index (κ3) is 2.99. The van der Waals surface area contributed by atoms with Gasteiger partial charge in [0.05, 0.1) is 0 Å². The van der Waals surface area contributed by atoms with Crippen LogP contribution in [0.5, 0.6) is 0 Å². The standard InChI is InChI=1S/C12H17F2N/c1-8(9(2)15-3)7-10-11(13)5-4-6-12(10)14/h4-6,8-9,15H,7H2,1-3H3. The van der Waals surface area contributed by atoms with Crippen LogP contribution in [0.15, 0.2) is 18.2 Å². The molecule has 0 amide bonds. The maximum absolute atomic E-state index is 13.3. The van der Waals surface area contributed by atoms with Gasteiger partial charge in [-0.15, -0.1) is 0 Å². The molecule has 0 fully saturated rings. The summed E-state index contributed by atoms with van der Waals surface area (Å²) >= 11 is 0. The van der Waals surface area contributed by atoms with Crippen LogP contribution in [0.4, 0.5) is 8.78 Å². The third-order valence-electron chi connectivity index (χ3n) is 2.90. The van der Waals surface area contributed by atoms with Gasteiger partial charge in [-0.05, 0) is 38.4 Å². The van der Waals surface area contributed by atoms with Crippen molar-refractivity contribution in [2.75, 3.05) is 7.05 Å². The Morgan fingerprint density at radius 1 is 1.20 bits per heavy atom. The van der Waals surface area contributed by atoms with Gasteiger partial charge in [-0.3, -0.25) is 0 Å².